The summed E-state index contributed by atoms with van der Waals surface area (Å²) in [6.45, 7) is 0. The fraction of sp³-hybridized carbons (Fsp3) is 0.0833. The lowest BCUT2D eigenvalue weighted by molar-refractivity contribution is 0.945. The van der Waals surface area contributed by atoms with E-state index in [0.717, 1.165) is 11.3 Å². The third-order valence-corrected chi connectivity index (χ3v) is 3.59. The van der Waals surface area contributed by atoms with Crippen LogP contribution in [0.5, 0.6) is 0 Å². The van der Waals surface area contributed by atoms with Crippen LogP contribution in [-0.2, 0) is 0 Å². The van der Waals surface area contributed by atoms with Gasteiger partial charge in [-0.2, -0.15) is 0 Å². The predicted molar refractivity (Wildman–Crippen MR) is 71.0 cm³/mol. The molecule has 2 aromatic rings. The smallest absolute Gasteiger partial charge is 0.300 e. The van der Waals surface area contributed by atoms with Crippen LogP contribution in [0.25, 0.3) is 0 Å². The highest BCUT2D eigenvalue weighted by molar-refractivity contribution is 8.00. The van der Waals surface area contributed by atoms with Crippen LogP contribution in [0.15, 0.2) is 49.9 Å². The average molecular weight is 259 g/mol. The number of hydrogen-bond acceptors (Lipinski definition) is 4. The van der Waals surface area contributed by atoms with Crippen molar-refractivity contribution in [2.75, 3.05) is 5.75 Å². The number of nitrogens with one attached hydrogen (secondary N) is 2. The van der Waals surface area contributed by atoms with E-state index in [4.69, 9.17) is 0 Å². The van der Waals surface area contributed by atoms with E-state index in [1.54, 1.807) is 0 Å². The van der Waals surface area contributed by atoms with Crippen molar-refractivity contribution < 1.29 is 0 Å². The first kappa shape index (κ1) is 11.0. The predicted octanol–water partition coefficient (Wildman–Crippen LogP) is 1.29. The molecule has 0 radical (unpaired) electrons. The summed E-state index contributed by atoms with van der Waals surface area (Å²) in [5.74, 6) is 0.635. The van der Waals surface area contributed by atoms with Crippen molar-refractivity contribution in [3.8, 4) is 0 Å². The summed E-state index contributed by atoms with van der Waals surface area (Å²) >= 11 is 1.41. The summed E-state index contributed by atoms with van der Waals surface area (Å²) in [4.78, 5) is 31.9. The van der Waals surface area contributed by atoms with Gasteiger partial charge in [0, 0.05) is 5.75 Å². The van der Waals surface area contributed by atoms with Crippen molar-refractivity contribution in [3.05, 3.63) is 56.7 Å². The van der Waals surface area contributed by atoms with E-state index in [-0.39, 0.29) is 5.69 Å². The first-order valence-corrected chi connectivity index (χ1v) is 6.35. The summed E-state index contributed by atoms with van der Waals surface area (Å²) in [7, 11) is 0. The van der Waals surface area contributed by atoms with Gasteiger partial charge in [-0.15, -0.1) is 0 Å². The van der Waals surface area contributed by atoms with Gasteiger partial charge in [0.2, 0.25) is 0 Å². The zero-order valence-corrected chi connectivity index (χ0v) is 10.1. The highest BCUT2D eigenvalue weighted by Gasteiger charge is 2.17. The monoisotopic (exact) mass is 259 g/mol. The number of aromatic amines is 2. The Morgan fingerprint density at radius 2 is 1.89 bits per heavy atom. The lowest BCUT2D eigenvalue weighted by Gasteiger charge is -2.13. The molecule has 1 aromatic carbocycles. The molecule has 18 heavy (non-hydrogen) atoms. The minimum Gasteiger partial charge on any atom is -0.300 e. The fourth-order valence-corrected chi connectivity index (χ4v) is 2.70. The molecule has 90 valence electrons. The van der Waals surface area contributed by atoms with Gasteiger partial charge in [0.1, 0.15) is 5.03 Å². The highest BCUT2D eigenvalue weighted by Crippen LogP contribution is 2.29. The van der Waals surface area contributed by atoms with Crippen LogP contribution in [-0.4, -0.2) is 21.4 Å². The van der Waals surface area contributed by atoms with Gasteiger partial charge in [0.15, 0.2) is 5.69 Å². The van der Waals surface area contributed by atoms with Gasteiger partial charge in [0.05, 0.1) is 5.71 Å². The molecule has 2 heterocycles. The number of fused-ring (bicyclic) bond motifs is 1. The Bertz CT molecular complexity index is 731. The summed E-state index contributed by atoms with van der Waals surface area (Å²) in [6, 6.07) is 9.68. The second-order valence-corrected chi connectivity index (χ2v) is 4.78. The summed E-state index contributed by atoms with van der Waals surface area (Å²) in [6.07, 6.45) is 0. The molecule has 6 heteroatoms. The molecule has 0 unspecified atom stereocenters. The van der Waals surface area contributed by atoms with Crippen LogP contribution in [0, 0.1) is 0 Å². The molecule has 2 N–H and O–H groups in total. The molecule has 0 saturated heterocycles. The third kappa shape index (κ3) is 1.91. The largest absolute Gasteiger partial charge is 0.326 e. The molecule has 5 nitrogen and oxygen atoms in total. The zero-order valence-electron chi connectivity index (χ0n) is 9.27. The van der Waals surface area contributed by atoms with Gasteiger partial charge in [0.25, 0.3) is 5.56 Å². The number of benzene rings is 1. The average Bonchev–Trinajstić information content (AvgIpc) is 2.39. The van der Waals surface area contributed by atoms with Crippen LogP contribution in [0.1, 0.15) is 5.56 Å². The molecule has 1 aliphatic heterocycles. The van der Waals surface area contributed by atoms with E-state index in [2.05, 4.69) is 15.0 Å². The van der Waals surface area contributed by atoms with Gasteiger partial charge in [-0.3, -0.25) is 9.78 Å². The lowest BCUT2D eigenvalue weighted by atomic mass is 10.1. The van der Waals surface area contributed by atoms with Crippen LogP contribution < -0.4 is 11.2 Å². The SMILES string of the molecule is O=c1[nH]c2c(c(=O)[nH]1)N=C(c1ccccc1)CS2. The molecule has 0 saturated carbocycles. The zero-order chi connectivity index (χ0) is 12.5. The van der Waals surface area contributed by atoms with E-state index in [0.29, 0.717) is 10.8 Å². The highest BCUT2D eigenvalue weighted by atomic mass is 32.2. The molecule has 0 bridgehead atoms. The second-order valence-electron chi connectivity index (χ2n) is 3.80. The molecule has 0 fully saturated rings. The van der Waals surface area contributed by atoms with Crippen LogP contribution in [0.2, 0.25) is 0 Å². The van der Waals surface area contributed by atoms with E-state index in [1.165, 1.54) is 11.8 Å². The molecule has 1 aromatic heterocycles. The molecule has 0 aliphatic carbocycles. The topological polar surface area (TPSA) is 78.1 Å². The van der Waals surface area contributed by atoms with Gasteiger partial charge < -0.3 is 4.98 Å². The Kier molecular flexibility index (Phi) is 2.64. The third-order valence-electron chi connectivity index (χ3n) is 2.59. The maximum absolute atomic E-state index is 11.7. The first-order chi connectivity index (χ1) is 8.74. The standard InChI is InChI=1S/C12H9N3O2S/c16-10-9-11(15-12(17)14-10)18-6-8(13-9)7-4-2-1-3-5-7/h1-5H,6H2,(H2,14,15,16,17). The molecule has 3 rings (SSSR count). The molecule has 0 atom stereocenters. The van der Waals surface area contributed by atoms with Crippen LogP contribution in [0.3, 0.4) is 0 Å². The Morgan fingerprint density at radius 1 is 1.11 bits per heavy atom. The molecule has 0 amide bonds. The van der Waals surface area contributed by atoms with Gasteiger partial charge >= 0.3 is 5.69 Å². The first-order valence-electron chi connectivity index (χ1n) is 5.36. The molecular weight excluding hydrogens is 250 g/mol. The van der Waals surface area contributed by atoms with Crippen molar-refractivity contribution in [1.29, 1.82) is 0 Å². The Morgan fingerprint density at radius 3 is 2.67 bits per heavy atom. The summed E-state index contributed by atoms with van der Waals surface area (Å²) in [5.41, 5.74) is 1.16. The quantitative estimate of drug-likeness (QED) is 0.757. The van der Waals surface area contributed by atoms with Crippen molar-refractivity contribution in [3.63, 3.8) is 0 Å². The fourth-order valence-electron chi connectivity index (χ4n) is 1.75. The molecule has 0 spiro atoms. The molecular formula is C12H9N3O2S. The maximum Gasteiger partial charge on any atom is 0.326 e. The van der Waals surface area contributed by atoms with E-state index >= 15 is 0 Å². The number of aliphatic imine (C=N–C) groups is 1. The van der Waals surface area contributed by atoms with Crippen molar-refractivity contribution in [1.82, 2.24) is 9.97 Å². The van der Waals surface area contributed by atoms with E-state index < -0.39 is 11.2 Å². The van der Waals surface area contributed by atoms with Crippen LogP contribution in [0.4, 0.5) is 5.69 Å². The Hall–Kier alpha value is -2.08. The number of hydrogen-bond donors (Lipinski definition) is 2. The number of H-pyrrole nitrogens is 2. The lowest BCUT2D eigenvalue weighted by Crippen LogP contribution is -2.24. The molecule has 1 aliphatic rings. The second kappa shape index (κ2) is 4.30. The van der Waals surface area contributed by atoms with Crippen LogP contribution >= 0.6 is 11.8 Å². The minimum absolute atomic E-state index is 0.282. The van der Waals surface area contributed by atoms with Gasteiger partial charge in [-0.05, 0) is 5.56 Å². The number of thioether (sulfide) groups is 1. The number of aromatic nitrogens is 2. The van der Waals surface area contributed by atoms with E-state index in [9.17, 15) is 9.59 Å². The van der Waals surface area contributed by atoms with Crippen molar-refractivity contribution >= 4 is 23.2 Å². The maximum atomic E-state index is 11.7. The summed E-state index contributed by atoms with van der Waals surface area (Å²) < 4.78 is 0. The van der Waals surface area contributed by atoms with Crippen molar-refractivity contribution in [2.24, 2.45) is 4.99 Å². The Balaban J connectivity index is 2.15. The van der Waals surface area contributed by atoms with Gasteiger partial charge in [-0.1, -0.05) is 42.1 Å². The van der Waals surface area contributed by atoms with Crippen molar-refractivity contribution in [2.45, 2.75) is 5.03 Å². The Labute approximate surface area is 106 Å². The number of nitrogens with zero attached hydrogens (tertiary/aromatic N) is 1. The van der Waals surface area contributed by atoms with E-state index in [1.807, 2.05) is 30.3 Å². The minimum atomic E-state index is -0.496. The normalized spacial score (nSPS) is 13.9. The van der Waals surface area contributed by atoms with Gasteiger partial charge in [-0.25, -0.2) is 9.79 Å². The summed E-state index contributed by atoms with van der Waals surface area (Å²) in [5, 5.41) is 0.531. The number of rotatable bonds is 1.